The van der Waals surface area contributed by atoms with Crippen LogP contribution < -0.4 is 20.9 Å². The van der Waals surface area contributed by atoms with Gasteiger partial charge >= 0.3 is 6.36 Å². The highest BCUT2D eigenvalue weighted by atomic mass is 19.4. The maximum absolute atomic E-state index is 13.5. The number of amides is 2. The normalized spacial score (nSPS) is 20.0. The van der Waals surface area contributed by atoms with Crippen LogP contribution in [0.2, 0.25) is 0 Å². The van der Waals surface area contributed by atoms with Crippen molar-refractivity contribution in [1.29, 1.82) is 0 Å². The molecule has 52 heavy (non-hydrogen) atoms. The molecule has 11 nitrogen and oxygen atoms in total. The van der Waals surface area contributed by atoms with Crippen LogP contribution >= 0.6 is 0 Å². The van der Waals surface area contributed by atoms with Gasteiger partial charge in [-0.25, -0.2) is 0 Å². The van der Waals surface area contributed by atoms with Crippen LogP contribution in [0.25, 0.3) is 22.0 Å². The number of nitrogens with zero attached hydrogens (tertiary/aromatic N) is 4. The van der Waals surface area contributed by atoms with E-state index in [-0.39, 0.29) is 23.1 Å². The summed E-state index contributed by atoms with van der Waals surface area (Å²) in [5.41, 5.74) is 3.77. The summed E-state index contributed by atoms with van der Waals surface area (Å²) < 4.78 is 46.5. The van der Waals surface area contributed by atoms with E-state index in [9.17, 15) is 27.6 Å². The Kier molecular flexibility index (Phi) is 10.4. The van der Waals surface area contributed by atoms with Crippen molar-refractivity contribution in [2.45, 2.75) is 69.8 Å². The summed E-state index contributed by atoms with van der Waals surface area (Å²) in [6, 6.07) is 12.8. The standard InChI is InChI=1S/C38H44F3N7O4/c1-46-23-31(30-21-42-45-35(30)37(46)51)27-2-3-28(33(20-27)52-38(39,40)41)22-48-16-11-24(12-17-48)10-15-47-18-13-26(14-19-47)25-4-6-29(7-5-25)43-32-8-9-34(49)44-36(32)50/h2-7,20-21,23-24,26,32,43H,8-19,22H2,1H3,(H,42,45)(H,44,49,50). The molecule has 0 spiro atoms. The van der Waals surface area contributed by atoms with Gasteiger partial charge in [-0.2, -0.15) is 5.10 Å². The number of aromatic nitrogens is 3. The van der Waals surface area contributed by atoms with Gasteiger partial charge in [0, 0.05) is 48.4 Å². The predicted molar refractivity (Wildman–Crippen MR) is 191 cm³/mol. The number of nitrogens with one attached hydrogen (secondary N) is 3. The molecule has 0 bridgehead atoms. The maximum Gasteiger partial charge on any atom is 0.573 e. The smallest absolute Gasteiger partial charge is 0.405 e. The molecule has 14 heteroatoms. The van der Waals surface area contributed by atoms with Gasteiger partial charge < -0.3 is 19.5 Å². The number of rotatable bonds is 10. The van der Waals surface area contributed by atoms with E-state index in [4.69, 9.17) is 0 Å². The minimum atomic E-state index is -4.84. The molecule has 5 heterocycles. The number of hydrogen-bond acceptors (Lipinski definition) is 8. The Hall–Kier alpha value is -4.69. The zero-order valence-corrected chi connectivity index (χ0v) is 29.2. The fraction of sp³-hybridized carbons (Fsp3) is 0.474. The lowest BCUT2D eigenvalue weighted by Gasteiger charge is -2.35. The molecule has 3 N–H and O–H groups in total. The molecule has 0 radical (unpaired) electrons. The van der Waals surface area contributed by atoms with Crippen LogP contribution in [0.5, 0.6) is 5.75 Å². The molecule has 1 atom stereocenters. The Morgan fingerprint density at radius 1 is 0.942 bits per heavy atom. The van der Waals surface area contributed by atoms with E-state index < -0.39 is 12.4 Å². The zero-order valence-electron chi connectivity index (χ0n) is 29.2. The highest BCUT2D eigenvalue weighted by molar-refractivity contribution is 6.01. The van der Waals surface area contributed by atoms with E-state index in [0.717, 1.165) is 70.5 Å². The molecular weight excluding hydrogens is 675 g/mol. The lowest BCUT2D eigenvalue weighted by atomic mass is 9.88. The van der Waals surface area contributed by atoms with Gasteiger partial charge in [-0.15, -0.1) is 13.2 Å². The Bertz CT molecular complexity index is 1960. The summed E-state index contributed by atoms with van der Waals surface area (Å²) in [5.74, 6) is 0.348. The second-order valence-corrected chi connectivity index (χ2v) is 14.4. The average molecular weight is 720 g/mol. The number of alkyl halides is 3. The first-order valence-electron chi connectivity index (χ1n) is 18.1. The number of anilines is 1. The van der Waals surface area contributed by atoms with Crippen LogP contribution in [0.3, 0.4) is 0 Å². The summed E-state index contributed by atoms with van der Waals surface area (Å²) in [4.78, 5) is 40.7. The van der Waals surface area contributed by atoms with Crippen molar-refractivity contribution in [1.82, 2.24) is 29.9 Å². The number of piperidine rings is 3. The van der Waals surface area contributed by atoms with E-state index in [1.165, 1.54) is 22.4 Å². The topological polar surface area (TPSA) is 125 Å². The first kappa shape index (κ1) is 35.7. The van der Waals surface area contributed by atoms with Crippen molar-refractivity contribution in [2.75, 3.05) is 38.0 Å². The molecule has 7 rings (SSSR count). The van der Waals surface area contributed by atoms with Gasteiger partial charge in [0.1, 0.15) is 17.3 Å². The Labute approximate surface area is 299 Å². The highest BCUT2D eigenvalue weighted by Gasteiger charge is 2.33. The third kappa shape index (κ3) is 8.34. The SMILES string of the molecule is Cn1cc(-c2ccc(CN3CCC(CCN4CCC(c5ccc(NC6CCC(=O)NC6=O)cc5)CC4)CC3)c(OC(F)(F)F)c2)c2cn[nH]c2c1=O. The van der Waals surface area contributed by atoms with Crippen molar-refractivity contribution >= 4 is 28.4 Å². The van der Waals surface area contributed by atoms with Crippen LogP contribution in [0, 0.1) is 5.92 Å². The zero-order chi connectivity index (χ0) is 36.4. The summed E-state index contributed by atoms with van der Waals surface area (Å²) >= 11 is 0. The number of halogens is 3. The predicted octanol–water partition coefficient (Wildman–Crippen LogP) is 5.53. The monoisotopic (exact) mass is 719 g/mol. The van der Waals surface area contributed by atoms with E-state index in [1.54, 1.807) is 25.4 Å². The van der Waals surface area contributed by atoms with Crippen LogP contribution in [-0.2, 0) is 23.2 Å². The molecule has 0 saturated carbocycles. The second-order valence-electron chi connectivity index (χ2n) is 14.4. The van der Waals surface area contributed by atoms with Crippen molar-refractivity contribution in [3.63, 3.8) is 0 Å². The largest absolute Gasteiger partial charge is 0.573 e. The molecule has 3 saturated heterocycles. The molecular formula is C38H44F3N7O4. The van der Waals surface area contributed by atoms with E-state index in [1.807, 2.05) is 12.1 Å². The van der Waals surface area contributed by atoms with Crippen molar-refractivity contribution in [2.24, 2.45) is 13.0 Å². The molecule has 276 valence electrons. The third-order valence-electron chi connectivity index (χ3n) is 10.9. The molecule has 2 aromatic heterocycles. The second kappa shape index (κ2) is 15.1. The molecule has 4 aromatic rings. The number of likely N-dealkylation sites (tertiary alicyclic amines) is 2. The number of H-pyrrole nitrogens is 1. The number of hydrogen-bond donors (Lipinski definition) is 3. The van der Waals surface area contributed by atoms with Gasteiger partial charge in [-0.05, 0) is 112 Å². The number of aryl methyl sites for hydroxylation is 1. The highest BCUT2D eigenvalue weighted by Crippen LogP contribution is 2.35. The Morgan fingerprint density at radius 2 is 1.67 bits per heavy atom. The minimum Gasteiger partial charge on any atom is -0.405 e. The quantitative estimate of drug-likeness (QED) is 0.183. The molecule has 3 fully saturated rings. The summed E-state index contributed by atoms with van der Waals surface area (Å²) in [5, 5.41) is 12.8. The number of imide groups is 1. The maximum atomic E-state index is 13.5. The number of carbonyl (C=O) groups is 2. The number of fused-ring (bicyclic) bond motifs is 1. The van der Waals surface area contributed by atoms with Gasteiger partial charge in [-0.3, -0.25) is 29.7 Å². The Balaban J connectivity index is 0.881. The average Bonchev–Trinajstić information content (AvgIpc) is 3.62. The van der Waals surface area contributed by atoms with E-state index >= 15 is 0 Å². The molecule has 0 aliphatic carbocycles. The molecule has 3 aliphatic rings. The van der Waals surface area contributed by atoms with Gasteiger partial charge in [0.05, 0.1) is 6.20 Å². The number of ether oxygens (including phenoxy) is 1. The molecule has 2 amide bonds. The number of aromatic amines is 1. The van der Waals surface area contributed by atoms with Gasteiger partial charge in [0.2, 0.25) is 11.8 Å². The summed E-state index contributed by atoms with van der Waals surface area (Å²) in [6.07, 6.45) is 4.40. The molecule has 3 aliphatic heterocycles. The van der Waals surface area contributed by atoms with Crippen molar-refractivity contribution < 1.29 is 27.5 Å². The van der Waals surface area contributed by atoms with Gasteiger partial charge in [0.15, 0.2) is 0 Å². The van der Waals surface area contributed by atoms with Crippen molar-refractivity contribution in [3.05, 3.63) is 76.3 Å². The van der Waals surface area contributed by atoms with Crippen LogP contribution in [0.4, 0.5) is 18.9 Å². The summed E-state index contributed by atoms with van der Waals surface area (Å²) in [7, 11) is 1.59. The van der Waals surface area contributed by atoms with Crippen molar-refractivity contribution in [3.8, 4) is 16.9 Å². The third-order valence-corrected chi connectivity index (χ3v) is 10.9. The van der Waals surface area contributed by atoms with Crippen LogP contribution in [0.15, 0.2) is 59.7 Å². The lowest BCUT2D eigenvalue weighted by molar-refractivity contribution is -0.275. The molecule has 1 unspecified atom stereocenters. The number of carbonyl (C=O) groups excluding carboxylic acids is 2. The van der Waals surface area contributed by atoms with Gasteiger partial charge in [0.25, 0.3) is 5.56 Å². The lowest BCUT2D eigenvalue weighted by Crippen LogP contribution is -2.47. The number of benzene rings is 2. The Morgan fingerprint density at radius 3 is 2.38 bits per heavy atom. The first-order chi connectivity index (χ1) is 25.0. The fourth-order valence-electron chi connectivity index (χ4n) is 7.87. The minimum absolute atomic E-state index is 0.220. The summed E-state index contributed by atoms with van der Waals surface area (Å²) in [6.45, 7) is 5.11. The van der Waals surface area contributed by atoms with Crippen LogP contribution in [-0.4, -0.2) is 81.5 Å². The van der Waals surface area contributed by atoms with E-state index in [2.05, 4.69) is 47.5 Å². The van der Waals surface area contributed by atoms with E-state index in [0.29, 0.717) is 58.8 Å². The molecule has 2 aromatic carbocycles. The van der Waals surface area contributed by atoms with Crippen LogP contribution in [0.1, 0.15) is 62.0 Å². The first-order valence-corrected chi connectivity index (χ1v) is 18.1. The number of pyridine rings is 1. The van der Waals surface area contributed by atoms with Gasteiger partial charge in [-0.1, -0.05) is 24.3 Å². The fourth-order valence-corrected chi connectivity index (χ4v) is 7.87.